The molecule has 0 heterocycles. The third kappa shape index (κ3) is 4.37. The normalized spacial score (nSPS) is 10.6. The Balaban J connectivity index is 2.13. The molecule has 0 saturated heterocycles. The molecule has 0 aliphatic heterocycles. The number of carbonyl (C=O) groups is 1. The van der Waals surface area contributed by atoms with Gasteiger partial charge < -0.3 is 14.6 Å². The summed E-state index contributed by atoms with van der Waals surface area (Å²) in [6, 6.07) is 9.30. The lowest BCUT2D eigenvalue weighted by Gasteiger charge is -2.07. The number of phenolic OH excluding ortho intramolecular Hbond substituents is 1. The smallest absolute Gasteiger partial charge is 0.271 e. The van der Waals surface area contributed by atoms with Gasteiger partial charge in [-0.2, -0.15) is 5.10 Å². The summed E-state index contributed by atoms with van der Waals surface area (Å²) in [5, 5.41) is 13.9. The molecule has 0 atom stereocenters. The Kier molecular flexibility index (Phi) is 5.43. The van der Waals surface area contributed by atoms with Gasteiger partial charge in [0, 0.05) is 22.2 Å². The minimum absolute atomic E-state index is 0.00967. The van der Waals surface area contributed by atoms with Crippen LogP contribution in [0.2, 0.25) is 5.02 Å². The number of phenols is 1. The molecule has 23 heavy (non-hydrogen) atoms. The molecule has 0 saturated carbocycles. The van der Waals surface area contributed by atoms with E-state index in [1.165, 1.54) is 32.6 Å². The van der Waals surface area contributed by atoms with Gasteiger partial charge in [0.05, 0.1) is 20.4 Å². The molecule has 0 bridgehead atoms. The van der Waals surface area contributed by atoms with Crippen molar-refractivity contribution in [3.05, 3.63) is 52.5 Å². The number of aromatic hydroxyl groups is 1. The molecule has 2 aromatic rings. The molecule has 0 spiro atoms. The molecule has 7 heteroatoms. The molecule has 0 fully saturated rings. The van der Waals surface area contributed by atoms with Gasteiger partial charge in [-0.05, 0) is 30.3 Å². The third-order valence-corrected chi connectivity index (χ3v) is 3.21. The van der Waals surface area contributed by atoms with E-state index in [1.54, 1.807) is 24.3 Å². The van der Waals surface area contributed by atoms with Crippen LogP contribution in [0.15, 0.2) is 41.5 Å². The Bertz CT molecular complexity index is 725. The van der Waals surface area contributed by atoms with E-state index in [-0.39, 0.29) is 5.75 Å². The van der Waals surface area contributed by atoms with Crippen LogP contribution in [-0.4, -0.2) is 31.4 Å². The number of amides is 1. The Labute approximate surface area is 138 Å². The van der Waals surface area contributed by atoms with Crippen molar-refractivity contribution in [2.24, 2.45) is 5.10 Å². The van der Waals surface area contributed by atoms with Crippen molar-refractivity contribution < 1.29 is 19.4 Å². The number of hydrazone groups is 1. The Morgan fingerprint density at radius 2 is 1.83 bits per heavy atom. The molecule has 0 aliphatic rings. The maximum absolute atomic E-state index is 12.1. The molecule has 1 amide bonds. The summed E-state index contributed by atoms with van der Waals surface area (Å²) in [4.78, 5) is 12.1. The molecule has 0 radical (unpaired) electrons. The van der Waals surface area contributed by atoms with Gasteiger partial charge in [-0.3, -0.25) is 4.79 Å². The molecule has 0 aromatic heterocycles. The third-order valence-electron chi connectivity index (χ3n) is 2.97. The number of hydrogen-bond donors (Lipinski definition) is 2. The lowest BCUT2D eigenvalue weighted by atomic mass is 10.2. The van der Waals surface area contributed by atoms with Crippen LogP contribution in [0, 0.1) is 0 Å². The Morgan fingerprint density at radius 3 is 2.43 bits per heavy atom. The minimum atomic E-state index is -0.444. The predicted octanol–water partition coefficient (Wildman–Crippen LogP) is 2.83. The highest BCUT2D eigenvalue weighted by Crippen LogP contribution is 2.22. The van der Waals surface area contributed by atoms with Gasteiger partial charge >= 0.3 is 0 Å². The van der Waals surface area contributed by atoms with Gasteiger partial charge in [0.15, 0.2) is 0 Å². The summed E-state index contributed by atoms with van der Waals surface area (Å²) in [6.45, 7) is 0. The quantitative estimate of drug-likeness (QED) is 0.651. The van der Waals surface area contributed by atoms with E-state index < -0.39 is 5.91 Å². The highest BCUT2D eigenvalue weighted by Gasteiger charge is 2.09. The van der Waals surface area contributed by atoms with E-state index in [0.29, 0.717) is 27.6 Å². The summed E-state index contributed by atoms with van der Waals surface area (Å²) < 4.78 is 10.2. The summed E-state index contributed by atoms with van der Waals surface area (Å²) in [6.07, 6.45) is 1.30. The van der Waals surface area contributed by atoms with Gasteiger partial charge in [0.1, 0.15) is 17.2 Å². The average molecular weight is 335 g/mol. The number of nitrogens with zero attached hydrogens (tertiary/aromatic N) is 1. The van der Waals surface area contributed by atoms with Crippen molar-refractivity contribution in [2.75, 3.05) is 14.2 Å². The zero-order valence-electron chi connectivity index (χ0n) is 12.5. The summed E-state index contributed by atoms with van der Waals surface area (Å²) in [5.74, 6) is 0.548. The van der Waals surface area contributed by atoms with Gasteiger partial charge in [0.25, 0.3) is 5.91 Å². The van der Waals surface area contributed by atoms with Crippen molar-refractivity contribution in [1.82, 2.24) is 5.43 Å². The van der Waals surface area contributed by atoms with E-state index in [0.717, 1.165) is 0 Å². The molecule has 6 nitrogen and oxygen atoms in total. The number of halogens is 1. The van der Waals surface area contributed by atoms with Gasteiger partial charge in [-0.25, -0.2) is 5.43 Å². The summed E-state index contributed by atoms with van der Waals surface area (Å²) >= 11 is 5.83. The number of rotatable bonds is 5. The Hall–Kier alpha value is -2.73. The van der Waals surface area contributed by atoms with E-state index in [4.69, 9.17) is 21.1 Å². The van der Waals surface area contributed by atoms with Crippen LogP contribution in [0.3, 0.4) is 0 Å². The lowest BCUT2D eigenvalue weighted by molar-refractivity contribution is 0.0954. The van der Waals surface area contributed by atoms with Gasteiger partial charge in [-0.15, -0.1) is 0 Å². The fourth-order valence-corrected chi connectivity index (χ4v) is 1.97. The first kappa shape index (κ1) is 16.6. The first-order chi connectivity index (χ1) is 11.0. The molecule has 0 unspecified atom stereocenters. The van der Waals surface area contributed by atoms with E-state index in [9.17, 15) is 9.90 Å². The summed E-state index contributed by atoms with van der Waals surface area (Å²) in [5.41, 5.74) is 3.08. The zero-order chi connectivity index (χ0) is 16.8. The highest BCUT2D eigenvalue weighted by atomic mass is 35.5. The number of hydrogen-bond acceptors (Lipinski definition) is 5. The highest BCUT2D eigenvalue weighted by molar-refractivity contribution is 6.30. The molecule has 2 aromatic carbocycles. The van der Waals surface area contributed by atoms with Crippen molar-refractivity contribution in [3.8, 4) is 17.2 Å². The predicted molar refractivity (Wildman–Crippen MR) is 87.7 cm³/mol. The lowest BCUT2D eigenvalue weighted by Crippen LogP contribution is -2.17. The fraction of sp³-hybridized carbons (Fsp3) is 0.125. The van der Waals surface area contributed by atoms with Crippen molar-refractivity contribution in [3.63, 3.8) is 0 Å². The van der Waals surface area contributed by atoms with Crippen molar-refractivity contribution >= 4 is 23.7 Å². The number of benzene rings is 2. The number of ether oxygens (including phenoxy) is 2. The molecule has 2 rings (SSSR count). The topological polar surface area (TPSA) is 80.2 Å². The molecular weight excluding hydrogens is 320 g/mol. The standard InChI is InChI=1S/C16H15ClN2O4/c1-22-13-6-10(7-14(8-13)23-2)16(21)19-18-9-11-5-12(17)3-4-15(11)20/h3-9,20H,1-2H3,(H,19,21). The van der Waals surface area contributed by atoms with Crippen molar-refractivity contribution in [2.45, 2.75) is 0 Å². The van der Waals surface area contributed by atoms with Crippen LogP contribution in [0.1, 0.15) is 15.9 Å². The number of nitrogens with one attached hydrogen (secondary N) is 1. The second-order valence-electron chi connectivity index (χ2n) is 4.50. The first-order valence-electron chi connectivity index (χ1n) is 6.58. The average Bonchev–Trinajstić information content (AvgIpc) is 2.57. The fourth-order valence-electron chi connectivity index (χ4n) is 1.79. The second-order valence-corrected chi connectivity index (χ2v) is 4.94. The number of carbonyl (C=O) groups excluding carboxylic acids is 1. The maximum atomic E-state index is 12.1. The number of methoxy groups -OCH3 is 2. The van der Waals surface area contributed by atoms with E-state index >= 15 is 0 Å². The SMILES string of the molecule is COc1cc(OC)cc(C(=O)NN=Cc2cc(Cl)ccc2O)c1. The monoisotopic (exact) mass is 334 g/mol. The second kappa shape index (κ2) is 7.51. The largest absolute Gasteiger partial charge is 0.507 e. The van der Waals surface area contributed by atoms with E-state index in [1.807, 2.05) is 0 Å². The van der Waals surface area contributed by atoms with Crippen LogP contribution in [-0.2, 0) is 0 Å². The molecule has 2 N–H and O–H groups in total. The Morgan fingerprint density at radius 1 is 1.17 bits per heavy atom. The minimum Gasteiger partial charge on any atom is -0.507 e. The molecule has 0 aliphatic carbocycles. The summed E-state index contributed by atoms with van der Waals surface area (Å²) in [7, 11) is 2.99. The van der Waals surface area contributed by atoms with Crippen LogP contribution < -0.4 is 14.9 Å². The van der Waals surface area contributed by atoms with Crippen LogP contribution >= 0.6 is 11.6 Å². The van der Waals surface area contributed by atoms with Gasteiger partial charge in [-0.1, -0.05) is 11.6 Å². The van der Waals surface area contributed by atoms with Crippen LogP contribution in [0.4, 0.5) is 0 Å². The molecule has 120 valence electrons. The molecular formula is C16H15ClN2O4. The van der Waals surface area contributed by atoms with Crippen LogP contribution in [0.25, 0.3) is 0 Å². The first-order valence-corrected chi connectivity index (χ1v) is 6.96. The zero-order valence-corrected chi connectivity index (χ0v) is 13.3. The van der Waals surface area contributed by atoms with Crippen molar-refractivity contribution in [1.29, 1.82) is 0 Å². The van der Waals surface area contributed by atoms with Gasteiger partial charge in [0.2, 0.25) is 0 Å². The van der Waals surface area contributed by atoms with Crippen LogP contribution in [0.5, 0.6) is 17.2 Å². The maximum Gasteiger partial charge on any atom is 0.271 e. The van der Waals surface area contributed by atoms with E-state index in [2.05, 4.69) is 10.5 Å².